The molecule has 1 atom stereocenters. The van der Waals surface area contributed by atoms with Gasteiger partial charge in [0.05, 0.1) is 5.92 Å². The molecular weight excluding hydrogens is 524 g/mol. The zero-order valence-corrected chi connectivity index (χ0v) is 24.5. The molecule has 2 fully saturated rings. The molecule has 3 heterocycles. The van der Waals surface area contributed by atoms with E-state index in [4.69, 9.17) is 0 Å². The molecule has 218 valence electrons. The average Bonchev–Trinajstić information content (AvgIpc) is 3.03. The maximum atomic E-state index is 13.5. The van der Waals surface area contributed by atoms with Crippen LogP contribution in [0.25, 0.3) is 11.1 Å². The highest BCUT2D eigenvalue weighted by Gasteiger charge is 2.30. The monoisotopic (exact) mass is 564 g/mol. The highest BCUT2D eigenvalue weighted by atomic mass is 16.2. The molecule has 7 nitrogen and oxygen atoms in total. The Kier molecular flexibility index (Phi) is 8.38. The van der Waals surface area contributed by atoms with E-state index in [9.17, 15) is 14.4 Å². The third-order valence-corrected chi connectivity index (χ3v) is 9.06. The van der Waals surface area contributed by atoms with E-state index in [2.05, 4.69) is 27.2 Å². The number of carbonyl (C=O) groups excluding carboxylic acids is 3. The molecule has 3 aliphatic heterocycles. The Hall–Kier alpha value is -3.97. The van der Waals surface area contributed by atoms with Crippen molar-refractivity contribution in [2.75, 3.05) is 43.4 Å². The molecule has 0 aromatic heterocycles. The number of fused-ring (bicyclic) bond motifs is 1. The number of benzene rings is 3. The molecule has 42 heavy (non-hydrogen) atoms. The Labute approximate surface area is 248 Å². The van der Waals surface area contributed by atoms with Crippen LogP contribution >= 0.6 is 0 Å². The van der Waals surface area contributed by atoms with Crippen molar-refractivity contribution in [2.45, 2.75) is 51.5 Å². The number of nitrogens with one attached hydrogen (secondary N) is 1. The summed E-state index contributed by atoms with van der Waals surface area (Å²) < 4.78 is 0. The molecule has 0 radical (unpaired) electrons. The molecule has 0 saturated carbocycles. The zero-order valence-electron chi connectivity index (χ0n) is 24.5. The second-order valence-corrected chi connectivity index (χ2v) is 11.9. The fourth-order valence-corrected chi connectivity index (χ4v) is 6.69. The first-order chi connectivity index (χ1) is 20.5. The Morgan fingerprint density at radius 3 is 2.50 bits per heavy atom. The summed E-state index contributed by atoms with van der Waals surface area (Å²) in [5.74, 6) is 0.257. The van der Waals surface area contributed by atoms with Gasteiger partial charge in [0, 0.05) is 56.6 Å². The van der Waals surface area contributed by atoms with Crippen molar-refractivity contribution in [2.24, 2.45) is 5.92 Å². The predicted octanol–water partition coefficient (Wildman–Crippen LogP) is 5.74. The van der Waals surface area contributed by atoms with Crippen LogP contribution in [0.1, 0.15) is 60.0 Å². The third kappa shape index (κ3) is 6.12. The maximum absolute atomic E-state index is 13.5. The van der Waals surface area contributed by atoms with Crippen LogP contribution in [-0.4, -0.2) is 60.7 Å². The van der Waals surface area contributed by atoms with E-state index in [1.807, 2.05) is 54.6 Å². The van der Waals surface area contributed by atoms with Crippen molar-refractivity contribution in [1.82, 2.24) is 9.80 Å². The van der Waals surface area contributed by atoms with Gasteiger partial charge in [0.1, 0.15) is 0 Å². The van der Waals surface area contributed by atoms with Crippen molar-refractivity contribution in [3.8, 4) is 11.1 Å². The van der Waals surface area contributed by atoms with Crippen molar-refractivity contribution in [1.29, 1.82) is 0 Å². The molecular formula is C35H40N4O3. The lowest BCUT2D eigenvalue weighted by Gasteiger charge is -2.36. The molecule has 6 rings (SSSR count). The van der Waals surface area contributed by atoms with E-state index in [1.54, 1.807) is 11.9 Å². The number of likely N-dealkylation sites (tertiary alicyclic amines) is 2. The number of amides is 3. The van der Waals surface area contributed by atoms with Crippen LogP contribution in [0.2, 0.25) is 0 Å². The van der Waals surface area contributed by atoms with Gasteiger partial charge >= 0.3 is 0 Å². The quantitative estimate of drug-likeness (QED) is 0.415. The number of nitrogens with zero attached hydrogens (tertiary/aromatic N) is 3. The number of rotatable bonds is 6. The van der Waals surface area contributed by atoms with E-state index < -0.39 is 0 Å². The minimum Gasteiger partial charge on any atom is -0.342 e. The van der Waals surface area contributed by atoms with Crippen LogP contribution in [0.5, 0.6) is 0 Å². The van der Waals surface area contributed by atoms with Gasteiger partial charge < -0.3 is 15.1 Å². The van der Waals surface area contributed by atoms with Gasteiger partial charge in [-0.3, -0.25) is 19.3 Å². The summed E-state index contributed by atoms with van der Waals surface area (Å²) in [6, 6.07) is 22.0. The standard InChI is InChI=1S/C35H40N4O3/c1-37-32-22-30(15-12-26(32)14-17-33(37)40)36-34(41)27-13-16-31(25-9-4-2-5-10-25)29(21-27)24-38-18-8-11-28(23-38)35(42)39-19-6-3-7-20-39/h2,4-5,9-10,12-13,15-16,21-22,28H,3,6-8,11,14,17-20,23-24H2,1H3,(H,36,41). The Morgan fingerprint density at radius 2 is 1.69 bits per heavy atom. The Morgan fingerprint density at radius 1 is 0.881 bits per heavy atom. The van der Waals surface area contributed by atoms with Gasteiger partial charge in [0.25, 0.3) is 5.91 Å². The molecule has 3 aliphatic rings. The second-order valence-electron chi connectivity index (χ2n) is 11.9. The summed E-state index contributed by atoms with van der Waals surface area (Å²) in [5.41, 5.74) is 6.51. The first-order valence-corrected chi connectivity index (χ1v) is 15.4. The largest absolute Gasteiger partial charge is 0.342 e. The summed E-state index contributed by atoms with van der Waals surface area (Å²) in [5, 5.41) is 3.05. The van der Waals surface area contributed by atoms with Crippen molar-refractivity contribution >= 4 is 29.1 Å². The number of anilines is 2. The molecule has 3 aromatic carbocycles. The molecule has 1 N–H and O–H groups in total. The lowest BCUT2D eigenvalue weighted by molar-refractivity contribution is -0.138. The normalized spacial score (nSPS) is 19.4. The molecule has 1 unspecified atom stereocenters. The van der Waals surface area contributed by atoms with E-state index in [1.165, 1.54) is 6.42 Å². The van der Waals surface area contributed by atoms with Gasteiger partial charge in [-0.05, 0) is 91.6 Å². The van der Waals surface area contributed by atoms with Gasteiger partial charge in [0.2, 0.25) is 11.8 Å². The van der Waals surface area contributed by atoms with Crippen LogP contribution in [0.15, 0.2) is 66.7 Å². The smallest absolute Gasteiger partial charge is 0.255 e. The van der Waals surface area contributed by atoms with E-state index in [-0.39, 0.29) is 17.7 Å². The Balaban J connectivity index is 1.22. The lowest BCUT2D eigenvalue weighted by Crippen LogP contribution is -2.46. The molecule has 0 aliphatic carbocycles. The van der Waals surface area contributed by atoms with E-state index >= 15 is 0 Å². The van der Waals surface area contributed by atoms with Gasteiger partial charge in [-0.25, -0.2) is 0 Å². The average molecular weight is 565 g/mol. The summed E-state index contributed by atoms with van der Waals surface area (Å²) in [6.07, 6.45) is 6.61. The first kappa shape index (κ1) is 28.2. The van der Waals surface area contributed by atoms with E-state index in [0.717, 1.165) is 86.2 Å². The molecule has 3 amide bonds. The topological polar surface area (TPSA) is 73.0 Å². The molecule has 3 aromatic rings. The SMILES string of the molecule is CN1C(=O)CCc2ccc(NC(=O)c3ccc(-c4ccccc4)c(CN4CCCC(C(=O)N5CCCCC5)C4)c3)cc21. The van der Waals surface area contributed by atoms with Gasteiger partial charge in [0.15, 0.2) is 0 Å². The first-order valence-electron chi connectivity index (χ1n) is 15.4. The molecule has 7 heteroatoms. The molecule has 0 bridgehead atoms. The lowest BCUT2D eigenvalue weighted by atomic mass is 9.93. The van der Waals surface area contributed by atoms with Crippen LogP contribution in [0.4, 0.5) is 11.4 Å². The number of piperidine rings is 2. The fraction of sp³-hybridized carbons (Fsp3) is 0.400. The van der Waals surface area contributed by atoms with Crippen LogP contribution in [0.3, 0.4) is 0 Å². The summed E-state index contributed by atoms with van der Waals surface area (Å²) in [7, 11) is 1.78. The predicted molar refractivity (Wildman–Crippen MR) is 166 cm³/mol. The van der Waals surface area contributed by atoms with Gasteiger partial charge in [-0.2, -0.15) is 0 Å². The fourth-order valence-electron chi connectivity index (χ4n) is 6.69. The Bertz CT molecular complexity index is 1460. The molecule has 2 saturated heterocycles. The third-order valence-electron chi connectivity index (χ3n) is 9.06. The highest BCUT2D eigenvalue weighted by Crippen LogP contribution is 2.31. The minimum atomic E-state index is -0.183. The van der Waals surface area contributed by atoms with Crippen molar-refractivity contribution in [3.63, 3.8) is 0 Å². The summed E-state index contributed by atoms with van der Waals surface area (Å²) >= 11 is 0. The number of hydrogen-bond donors (Lipinski definition) is 1. The zero-order chi connectivity index (χ0) is 29.1. The van der Waals surface area contributed by atoms with Gasteiger partial charge in [-0.1, -0.05) is 42.5 Å². The maximum Gasteiger partial charge on any atom is 0.255 e. The van der Waals surface area contributed by atoms with E-state index in [0.29, 0.717) is 30.1 Å². The number of hydrogen-bond acceptors (Lipinski definition) is 4. The molecule has 0 spiro atoms. The second kappa shape index (κ2) is 12.5. The van der Waals surface area contributed by atoms with Crippen LogP contribution in [0, 0.1) is 5.92 Å². The van der Waals surface area contributed by atoms with Crippen molar-refractivity contribution < 1.29 is 14.4 Å². The van der Waals surface area contributed by atoms with Crippen molar-refractivity contribution in [3.05, 3.63) is 83.4 Å². The number of aryl methyl sites for hydroxylation is 1. The van der Waals surface area contributed by atoms with Crippen LogP contribution < -0.4 is 10.2 Å². The summed E-state index contributed by atoms with van der Waals surface area (Å²) in [4.78, 5) is 45.1. The van der Waals surface area contributed by atoms with Crippen LogP contribution in [-0.2, 0) is 22.6 Å². The number of carbonyl (C=O) groups is 3. The highest BCUT2D eigenvalue weighted by molar-refractivity contribution is 6.05. The summed E-state index contributed by atoms with van der Waals surface area (Å²) in [6.45, 7) is 4.15. The minimum absolute atomic E-state index is 0.0394. The van der Waals surface area contributed by atoms with Gasteiger partial charge in [-0.15, -0.1) is 0 Å².